The van der Waals surface area contributed by atoms with E-state index in [1.807, 2.05) is 6.92 Å². The second kappa shape index (κ2) is 14.6. The number of rotatable bonds is 10. The highest BCUT2D eigenvalue weighted by atomic mass is 127. The van der Waals surface area contributed by atoms with Crippen LogP contribution in [0.15, 0.2) is 23.2 Å². The maximum absolute atomic E-state index is 13.8. The predicted octanol–water partition coefficient (Wildman–Crippen LogP) is 3.99. The number of hydrogen-bond acceptors (Lipinski definition) is 2. The number of aliphatic imine (C=N–C) groups is 1. The van der Waals surface area contributed by atoms with Gasteiger partial charge in [-0.3, -0.25) is 4.99 Å². The molecule has 1 atom stereocenters. The highest BCUT2D eigenvalue weighted by Gasteiger charge is 2.09. The molecule has 3 N–H and O–H groups in total. The minimum Gasteiger partial charge on any atom is -0.396 e. The third kappa shape index (κ3) is 9.61. The fraction of sp³-hybridized carbons (Fsp3) is 0.611. The van der Waals surface area contributed by atoms with Gasteiger partial charge in [0, 0.05) is 36.8 Å². The molecule has 7 heteroatoms. The minimum absolute atomic E-state index is 0. The van der Waals surface area contributed by atoms with E-state index in [-0.39, 0.29) is 36.4 Å². The molecule has 0 aliphatic carbocycles. The van der Waals surface area contributed by atoms with Crippen LogP contribution in [0.5, 0.6) is 0 Å². The Hall–Kier alpha value is -0.600. The molecule has 1 rings (SSSR count). The maximum atomic E-state index is 13.8. The molecule has 0 aromatic heterocycles. The summed E-state index contributed by atoms with van der Waals surface area (Å²) in [5, 5.41) is 16.0. The van der Waals surface area contributed by atoms with Crippen LogP contribution in [-0.2, 0) is 6.42 Å². The van der Waals surface area contributed by atoms with Crippen LogP contribution in [0.4, 0.5) is 4.39 Å². The Labute approximate surface area is 172 Å². The molecule has 0 fully saturated rings. The van der Waals surface area contributed by atoms with E-state index in [0.717, 1.165) is 25.8 Å². The van der Waals surface area contributed by atoms with E-state index in [4.69, 9.17) is 16.7 Å². The average Bonchev–Trinajstić information content (AvgIpc) is 2.55. The first-order chi connectivity index (χ1) is 11.6. The van der Waals surface area contributed by atoms with E-state index in [2.05, 4.69) is 22.5 Å². The molecule has 1 aromatic rings. The summed E-state index contributed by atoms with van der Waals surface area (Å²) in [4.78, 5) is 4.58. The summed E-state index contributed by atoms with van der Waals surface area (Å²) in [6.07, 6.45) is 3.39. The van der Waals surface area contributed by atoms with Crippen LogP contribution in [0.1, 0.15) is 38.7 Å². The third-order valence-electron chi connectivity index (χ3n) is 3.82. The predicted molar refractivity (Wildman–Crippen MR) is 115 cm³/mol. The van der Waals surface area contributed by atoms with Crippen LogP contribution in [0.2, 0.25) is 5.02 Å². The van der Waals surface area contributed by atoms with E-state index in [9.17, 15) is 4.39 Å². The van der Waals surface area contributed by atoms with Crippen molar-refractivity contribution in [2.24, 2.45) is 10.9 Å². The van der Waals surface area contributed by atoms with Crippen LogP contribution in [0.3, 0.4) is 0 Å². The Morgan fingerprint density at radius 2 is 2.04 bits per heavy atom. The molecular weight excluding hydrogens is 456 g/mol. The Balaban J connectivity index is 0.00000576. The Morgan fingerprint density at radius 3 is 2.64 bits per heavy atom. The number of nitrogens with one attached hydrogen (secondary N) is 2. The first-order valence-corrected chi connectivity index (χ1v) is 9.06. The monoisotopic (exact) mass is 485 g/mol. The largest absolute Gasteiger partial charge is 0.396 e. The van der Waals surface area contributed by atoms with E-state index in [0.29, 0.717) is 42.0 Å². The maximum Gasteiger partial charge on any atom is 0.191 e. The molecule has 0 amide bonds. The highest BCUT2D eigenvalue weighted by Crippen LogP contribution is 2.19. The molecule has 25 heavy (non-hydrogen) atoms. The summed E-state index contributed by atoms with van der Waals surface area (Å²) in [5.41, 5.74) is 0.520. The van der Waals surface area contributed by atoms with Gasteiger partial charge in [0.15, 0.2) is 5.96 Å². The summed E-state index contributed by atoms with van der Waals surface area (Å²) in [7, 11) is 0. The van der Waals surface area contributed by atoms with Gasteiger partial charge in [-0.05, 0) is 44.2 Å². The molecular formula is C18H30ClFIN3O. The zero-order valence-electron chi connectivity index (χ0n) is 15.0. The lowest BCUT2D eigenvalue weighted by Crippen LogP contribution is -2.38. The molecule has 0 heterocycles. The summed E-state index contributed by atoms with van der Waals surface area (Å²) in [6, 6.07) is 4.73. The van der Waals surface area contributed by atoms with Crippen molar-refractivity contribution in [3.05, 3.63) is 34.6 Å². The molecule has 0 bridgehead atoms. The van der Waals surface area contributed by atoms with Gasteiger partial charge in [0.1, 0.15) is 5.82 Å². The first-order valence-electron chi connectivity index (χ1n) is 8.68. The molecule has 0 spiro atoms. The van der Waals surface area contributed by atoms with Gasteiger partial charge in [0.05, 0.1) is 0 Å². The Kier molecular flexibility index (Phi) is 14.2. The quantitative estimate of drug-likeness (QED) is 0.267. The van der Waals surface area contributed by atoms with E-state index >= 15 is 0 Å². The standard InChI is InChI=1S/C18H29ClFN3O.HI/c1-3-6-14(10-12-24)13-23-18(21-4-2)22-11-9-15-16(19)7-5-8-17(15)20;/h5,7-8,14,24H,3-4,6,9-13H2,1-2H3,(H2,21,22,23);1H. The second-order valence-corrected chi connectivity index (χ2v) is 6.17. The van der Waals surface area contributed by atoms with Gasteiger partial charge in [-0.2, -0.15) is 0 Å². The second-order valence-electron chi connectivity index (χ2n) is 5.76. The third-order valence-corrected chi connectivity index (χ3v) is 4.17. The zero-order chi connectivity index (χ0) is 17.8. The number of guanidine groups is 1. The van der Waals surface area contributed by atoms with Crippen LogP contribution in [0, 0.1) is 11.7 Å². The van der Waals surface area contributed by atoms with Crippen LogP contribution in [-0.4, -0.2) is 37.3 Å². The van der Waals surface area contributed by atoms with Crippen LogP contribution in [0.25, 0.3) is 0 Å². The van der Waals surface area contributed by atoms with E-state index in [1.54, 1.807) is 12.1 Å². The average molecular weight is 486 g/mol. The van der Waals surface area contributed by atoms with Gasteiger partial charge in [0.25, 0.3) is 0 Å². The topological polar surface area (TPSA) is 56.7 Å². The van der Waals surface area contributed by atoms with Crippen molar-refractivity contribution in [3.8, 4) is 0 Å². The molecule has 0 radical (unpaired) electrons. The molecule has 144 valence electrons. The smallest absolute Gasteiger partial charge is 0.191 e. The van der Waals surface area contributed by atoms with Crippen molar-refractivity contribution in [1.29, 1.82) is 0 Å². The first kappa shape index (κ1) is 24.4. The summed E-state index contributed by atoms with van der Waals surface area (Å²) < 4.78 is 13.8. The van der Waals surface area contributed by atoms with Crippen molar-refractivity contribution in [2.75, 3.05) is 26.2 Å². The summed E-state index contributed by atoms with van der Waals surface area (Å²) in [5.74, 6) is 0.817. The van der Waals surface area contributed by atoms with Gasteiger partial charge in [-0.25, -0.2) is 4.39 Å². The van der Waals surface area contributed by atoms with Crippen molar-refractivity contribution in [3.63, 3.8) is 0 Å². The molecule has 0 saturated heterocycles. The molecule has 0 aliphatic heterocycles. The van der Waals surface area contributed by atoms with Crippen molar-refractivity contribution >= 4 is 41.5 Å². The highest BCUT2D eigenvalue weighted by molar-refractivity contribution is 14.0. The van der Waals surface area contributed by atoms with Crippen molar-refractivity contribution in [2.45, 2.75) is 39.5 Å². The fourth-order valence-corrected chi connectivity index (χ4v) is 2.81. The molecule has 1 unspecified atom stereocenters. The van der Waals surface area contributed by atoms with Gasteiger partial charge in [0.2, 0.25) is 0 Å². The normalized spacial score (nSPS) is 12.4. The lowest BCUT2D eigenvalue weighted by atomic mass is 10.0. The summed E-state index contributed by atoms with van der Waals surface area (Å²) >= 11 is 6.04. The lowest BCUT2D eigenvalue weighted by Gasteiger charge is -2.15. The molecule has 4 nitrogen and oxygen atoms in total. The zero-order valence-corrected chi connectivity index (χ0v) is 18.1. The molecule has 0 aliphatic rings. The molecule has 1 aromatic carbocycles. The fourth-order valence-electron chi connectivity index (χ4n) is 2.56. The number of aliphatic hydroxyl groups excluding tert-OH is 1. The Bertz CT molecular complexity index is 491. The van der Waals surface area contributed by atoms with Gasteiger partial charge in [-0.1, -0.05) is 31.0 Å². The van der Waals surface area contributed by atoms with Crippen molar-refractivity contribution < 1.29 is 9.50 Å². The van der Waals surface area contributed by atoms with Crippen LogP contribution >= 0.6 is 35.6 Å². The number of halogens is 3. The number of benzene rings is 1. The van der Waals surface area contributed by atoms with E-state index < -0.39 is 0 Å². The lowest BCUT2D eigenvalue weighted by molar-refractivity contribution is 0.253. The van der Waals surface area contributed by atoms with Crippen LogP contribution < -0.4 is 10.6 Å². The number of nitrogens with zero attached hydrogens (tertiary/aromatic N) is 1. The Morgan fingerprint density at radius 1 is 1.28 bits per heavy atom. The SMILES string of the molecule is CCCC(CCO)CN=C(NCC)NCCc1c(F)cccc1Cl.I. The van der Waals surface area contributed by atoms with Crippen molar-refractivity contribution in [1.82, 2.24) is 10.6 Å². The van der Waals surface area contributed by atoms with Gasteiger partial charge < -0.3 is 15.7 Å². The number of aliphatic hydroxyl groups is 1. The number of hydrogen-bond donors (Lipinski definition) is 3. The molecule has 0 saturated carbocycles. The van der Waals surface area contributed by atoms with Gasteiger partial charge >= 0.3 is 0 Å². The minimum atomic E-state index is -0.280. The van der Waals surface area contributed by atoms with E-state index in [1.165, 1.54) is 6.07 Å². The summed E-state index contributed by atoms with van der Waals surface area (Å²) in [6.45, 7) is 6.30. The van der Waals surface area contributed by atoms with Gasteiger partial charge in [-0.15, -0.1) is 24.0 Å².